The molecule has 0 N–H and O–H groups in total. The van der Waals surface area contributed by atoms with E-state index in [0.29, 0.717) is 27.8 Å². The normalized spacial score (nSPS) is 11.9. The number of benzene rings is 2. The van der Waals surface area contributed by atoms with Gasteiger partial charge in [0.1, 0.15) is 18.3 Å². The predicted octanol–water partition coefficient (Wildman–Crippen LogP) is 4.94. The molecule has 5 rings (SSSR count). The van der Waals surface area contributed by atoms with Crippen LogP contribution in [0.4, 0.5) is 0 Å². The Balaban J connectivity index is 1.42. The molecule has 0 fully saturated rings. The summed E-state index contributed by atoms with van der Waals surface area (Å²) in [4.78, 5) is 22.0. The van der Waals surface area contributed by atoms with Gasteiger partial charge in [0.25, 0.3) is 5.56 Å². The molecule has 0 atom stereocenters. The monoisotopic (exact) mass is 474 g/mol. The van der Waals surface area contributed by atoms with Gasteiger partial charge in [0.05, 0.1) is 11.9 Å². The molecule has 0 amide bonds. The molecule has 0 saturated carbocycles. The van der Waals surface area contributed by atoms with Gasteiger partial charge in [-0.25, -0.2) is 9.67 Å². The Labute approximate surface area is 200 Å². The van der Waals surface area contributed by atoms with Crippen molar-refractivity contribution in [3.05, 3.63) is 87.4 Å². The third kappa shape index (κ3) is 4.01. The zero-order valence-electron chi connectivity index (χ0n) is 19.3. The summed E-state index contributed by atoms with van der Waals surface area (Å²) in [6, 6.07) is 13.6. The number of hydrogen-bond donors (Lipinski definition) is 0. The molecule has 0 saturated heterocycles. The van der Waals surface area contributed by atoms with Gasteiger partial charge in [-0.15, -0.1) is 0 Å². The van der Waals surface area contributed by atoms with E-state index in [9.17, 15) is 4.79 Å². The lowest BCUT2D eigenvalue weighted by Gasteiger charge is -2.18. The fraction of sp³-hybridized carbons (Fsp3) is 0.240. The minimum Gasteiger partial charge on any atom is -0.337 e. The lowest BCUT2D eigenvalue weighted by Crippen LogP contribution is -2.21. The van der Waals surface area contributed by atoms with Crippen LogP contribution in [0.5, 0.6) is 0 Å². The molecule has 0 aliphatic heterocycles. The summed E-state index contributed by atoms with van der Waals surface area (Å²) < 4.78 is 8.43. The van der Waals surface area contributed by atoms with E-state index in [1.165, 1.54) is 22.7 Å². The quantitative estimate of drug-likeness (QED) is 0.366. The van der Waals surface area contributed by atoms with E-state index in [4.69, 9.17) is 16.1 Å². The van der Waals surface area contributed by atoms with E-state index in [1.807, 2.05) is 31.2 Å². The Morgan fingerprint density at radius 1 is 1.09 bits per heavy atom. The smallest absolute Gasteiger partial charge is 0.264 e. The largest absolute Gasteiger partial charge is 0.337 e. The summed E-state index contributed by atoms with van der Waals surface area (Å²) in [6.07, 6.45) is 2.96. The zero-order valence-corrected chi connectivity index (χ0v) is 20.0. The van der Waals surface area contributed by atoms with Crippen LogP contribution in [0.2, 0.25) is 5.02 Å². The third-order valence-electron chi connectivity index (χ3n) is 5.74. The van der Waals surface area contributed by atoms with Crippen LogP contribution in [0.25, 0.3) is 28.1 Å². The van der Waals surface area contributed by atoms with Crippen LogP contribution in [0.3, 0.4) is 0 Å². The summed E-state index contributed by atoms with van der Waals surface area (Å²) >= 11 is 6.25. The standard InChI is InChI=1S/C25H23ClN6O2/c1-15-5-10-18(11-20(15)26)32-23-19(12-28-32)24(33)31(14-27-23)13-21-29-22(30-34-21)16-6-8-17(9-7-16)25(2,3)4/h5-12,14H,13H2,1-4H3. The summed E-state index contributed by atoms with van der Waals surface area (Å²) in [5.74, 6) is 0.789. The Morgan fingerprint density at radius 2 is 1.85 bits per heavy atom. The van der Waals surface area contributed by atoms with Crippen molar-refractivity contribution in [2.24, 2.45) is 0 Å². The summed E-state index contributed by atoms with van der Waals surface area (Å²) in [5.41, 5.74) is 4.03. The van der Waals surface area contributed by atoms with Crippen LogP contribution in [0, 0.1) is 6.92 Å². The number of nitrogens with zero attached hydrogens (tertiary/aromatic N) is 6. The van der Waals surface area contributed by atoms with Crippen LogP contribution in [0.1, 0.15) is 37.8 Å². The van der Waals surface area contributed by atoms with Crippen molar-refractivity contribution in [3.8, 4) is 17.1 Å². The maximum Gasteiger partial charge on any atom is 0.264 e. The fourth-order valence-electron chi connectivity index (χ4n) is 3.67. The first kappa shape index (κ1) is 22.0. The van der Waals surface area contributed by atoms with Gasteiger partial charge in [-0.1, -0.05) is 67.9 Å². The Bertz CT molecular complexity index is 1560. The molecule has 0 aliphatic carbocycles. The molecule has 2 aromatic carbocycles. The molecule has 0 radical (unpaired) electrons. The van der Waals surface area contributed by atoms with Crippen molar-refractivity contribution in [1.82, 2.24) is 29.5 Å². The molecule has 0 aliphatic rings. The highest BCUT2D eigenvalue weighted by atomic mass is 35.5. The predicted molar refractivity (Wildman–Crippen MR) is 130 cm³/mol. The van der Waals surface area contributed by atoms with Crippen molar-refractivity contribution in [3.63, 3.8) is 0 Å². The Morgan fingerprint density at radius 3 is 2.56 bits per heavy atom. The van der Waals surface area contributed by atoms with Crippen LogP contribution in [-0.2, 0) is 12.0 Å². The first-order valence-electron chi connectivity index (χ1n) is 10.8. The van der Waals surface area contributed by atoms with E-state index in [2.05, 4.69) is 53.1 Å². The van der Waals surface area contributed by atoms with E-state index in [-0.39, 0.29) is 17.5 Å². The first-order chi connectivity index (χ1) is 16.2. The van der Waals surface area contributed by atoms with Crippen LogP contribution in [-0.4, -0.2) is 29.5 Å². The van der Waals surface area contributed by atoms with Gasteiger partial charge in [0.15, 0.2) is 5.65 Å². The minimum absolute atomic E-state index is 0.0628. The molecule has 9 heteroatoms. The van der Waals surface area contributed by atoms with Crippen molar-refractivity contribution < 1.29 is 4.52 Å². The molecule has 3 heterocycles. The summed E-state index contributed by atoms with van der Waals surface area (Å²) in [7, 11) is 0. The van der Waals surface area contributed by atoms with Gasteiger partial charge in [0, 0.05) is 10.6 Å². The SMILES string of the molecule is Cc1ccc(-n2ncc3c(=O)n(Cc4nc(-c5ccc(C(C)(C)C)cc5)no4)cnc32)cc1Cl. The molecule has 3 aromatic heterocycles. The lowest BCUT2D eigenvalue weighted by molar-refractivity contribution is 0.369. The average Bonchev–Trinajstić information content (AvgIpc) is 3.45. The Kier molecular flexibility index (Phi) is 5.32. The maximum absolute atomic E-state index is 13.1. The van der Waals surface area contributed by atoms with E-state index in [1.54, 1.807) is 10.7 Å². The number of fused-ring (bicyclic) bond motifs is 1. The Hall–Kier alpha value is -3.78. The minimum atomic E-state index is -0.247. The zero-order chi connectivity index (χ0) is 24.0. The van der Waals surface area contributed by atoms with Crippen LogP contribution in [0.15, 0.2) is 64.3 Å². The van der Waals surface area contributed by atoms with Gasteiger partial charge in [0.2, 0.25) is 11.7 Å². The number of halogens is 1. The number of aryl methyl sites for hydroxylation is 1. The molecule has 0 spiro atoms. The molecule has 5 aromatic rings. The van der Waals surface area contributed by atoms with Gasteiger partial charge in [-0.2, -0.15) is 10.1 Å². The lowest BCUT2D eigenvalue weighted by atomic mass is 9.87. The van der Waals surface area contributed by atoms with Gasteiger partial charge < -0.3 is 4.52 Å². The first-order valence-corrected chi connectivity index (χ1v) is 11.2. The highest BCUT2D eigenvalue weighted by Crippen LogP contribution is 2.25. The van der Waals surface area contributed by atoms with E-state index >= 15 is 0 Å². The summed E-state index contributed by atoms with van der Waals surface area (Å²) in [6.45, 7) is 8.52. The molecule has 0 unspecified atom stereocenters. The van der Waals surface area contributed by atoms with Crippen molar-refractivity contribution >= 4 is 22.6 Å². The third-order valence-corrected chi connectivity index (χ3v) is 6.14. The van der Waals surface area contributed by atoms with Crippen LogP contribution < -0.4 is 5.56 Å². The molecular formula is C25H23ClN6O2. The number of aromatic nitrogens is 6. The molecule has 0 bridgehead atoms. The highest BCUT2D eigenvalue weighted by molar-refractivity contribution is 6.31. The van der Waals surface area contributed by atoms with Gasteiger partial charge in [-0.3, -0.25) is 9.36 Å². The van der Waals surface area contributed by atoms with E-state index < -0.39 is 0 Å². The van der Waals surface area contributed by atoms with Crippen molar-refractivity contribution in [2.45, 2.75) is 39.7 Å². The average molecular weight is 475 g/mol. The van der Waals surface area contributed by atoms with E-state index in [0.717, 1.165) is 16.8 Å². The molecular weight excluding hydrogens is 452 g/mol. The highest BCUT2D eigenvalue weighted by Gasteiger charge is 2.16. The maximum atomic E-state index is 13.1. The number of rotatable bonds is 4. The summed E-state index contributed by atoms with van der Waals surface area (Å²) in [5, 5.41) is 9.42. The number of hydrogen-bond acceptors (Lipinski definition) is 6. The van der Waals surface area contributed by atoms with Crippen molar-refractivity contribution in [1.29, 1.82) is 0 Å². The molecule has 172 valence electrons. The second kappa shape index (κ2) is 8.22. The van der Waals surface area contributed by atoms with Gasteiger partial charge >= 0.3 is 0 Å². The molecule has 34 heavy (non-hydrogen) atoms. The van der Waals surface area contributed by atoms with Crippen LogP contribution >= 0.6 is 11.6 Å². The van der Waals surface area contributed by atoms with Crippen molar-refractivity contribution in [2.75, 3.05) is 0 Å². The second-order valence-electron chi connectivity index (χ2n) is 9.24. The molecule has 8 nitrogen and oxygen atoms in total. The second-order valence-corrected chi connectivity index (χ2v) is 9.65. The van der Waals surface area contributed by atoms with Gasteiger partial charge in [-0.05, 0) is 35.6 Å². The topological polar surface area (TPSA) is 91.6 Å². The fourth-order valence-corrected chi connectivity index (χ4v) is 3.84.